The van der Waals surface area contributed by atoms with Crippen molar-refractivity contribution in [1.29, 1.82) is 0 Å². The molecule has 136 valence electrons. The quantitative estimate of drug-likeness (QED) is 0.766. The summed E-state index contributed by atoms with van der Waals surface area (Å²) in [5.41, 5.74) is 8.47. The maximum absolute atomic E-state index is 12.5. The minimum atomic E-state index is -4.36. The largest absolute Gasteiger partial charge is 0.446 e. The van der Waals surface area contributed by atoms with Crippen molar-refractivity contribution in [2.75, 3.05) is 4.90 Å². The van der Waals surface area contributed by atoms with E-state index in [0.717, 1.165) is 5.56 Å². The highest BCUT2D eigenvalue weighted by Gasteiger charge is 2.36. The van der Waals surface area contributed by atoms with Crippen molar-refractivity contribution in [3.63, 3.8) is 0 Å². The average Bonchev–Trinajstić information content (AvgIpc) is 2.93. The van der Waals surface area contributed by atoms with Crippen LogP contribution < -0.4 is 16.4 Å². The summed E-state index contributed by atoms with van der Waals surface area (Å²) in [4.78, 5) is 17.6. The maximum Gasteiger partial charge on any atom is 0.446 e. The van der Waals surface area contributed by atoms with Gasteiger partial charge in [-0.2, -0.15) is 13.2 Å². The summed E-state index contributed by atoms with van der Waals surface area (Å²) in [6.45, 7) is 0. The molecule has 26 heavy (non-hydrogen) atoms. The highest BCUT2D eigenvalue weighted by molar-refractivity contribution is 8.04. The number of aromatic nitrogens is 1. The molecule has 0 saturated heterocycles. The molecule has 1 unspecified atom stereocenters. The number of primary amides is 1. The third kappa shape index (κ3) is 3.91. The number of nitrogens with zero attached hydrogens (tertiary/aromatic N) is 2. The molecule has 0 bridgehead atoms. The minimum absolute atomic E-state index is 0.0590. The first-order valence-electron chi connectivity index (χ1n) is 7.27. The molecular formula is C16H13F3N4OS2. The van der Waals surface area contributed by atoms with Crippen LogP contribution >= 0.6 is 23.5 Å². The molecule has 1 atom stereocenters. The van der Waals surface area contributed by atoms with Gasteiger partial charge in [0, 0.05) is 28.5 Å². The number of anilines is 1. The number of thioether (sulfide) groups is 2. The Balaban J connectivity index is 1.97. The molecule has 4 N–H and O–H groups in total. The summed E-state index contributed by atoms with van der Waals surface area (Å²) in [6, 6.07) is 9.32. The van der Waals surface area contributed by atoms with E-state index in [-0.39, 0.29) is 27.4 Å². The van der Waals surface area contributed by atoms with Gasteiger partial charge in [0.05, 0.1) is 0 Å². The number of alkyl halides is 3. The predicted octanol–water partition coefficient (Wildman–Crippen LogP) is 3.56. The van der Waals surface area contributed by atoms with E-state index >= 15 is 0 Å². The van der Waals surface area contributed by atoms with Crippen LogP contribution in [0.4, 0.5) is 18.9 Å². The molecule has 0 radical (unpaired) electrons. The number of carbonyl (C=O) groups excluding carboxylic acids is 1. The summed E-state index contributed by atoms with van der Waals surface area (Å²) in [5, 5.41) is -0.396. The Morgan fingerprint density at radius 3 is 2.46 bits per heavy atom. The fourth-order valence-electron chi connectivity index (χ4n) is 2.47. The van der Waals surface area contributed by atoms with Crippen LogP contribution in [-0.2, 0) is 4.79 Å². The summed E-state index contributed by atoms with van der Waals surface area (Å²) < 4.78 is 37.5. The van der Waals surface area contributed by atoms with Crippen molar-refractivity contribution in [2.24, 2.45) is 11.5 Å². The van der Waals surface area contributed by atoms with Gasteiger partial charge in [0.2, 0.25) is 0 Å². The third-order valence-electron chi connectivity index (χ3n) is 3.50. The lowest BCUT2D eigenvalue weighted by Gasteiger charge is -2.27. The monoisotopic (exact) mass is 398 g/mol. The van der Waals surface area contributed by atoms with E-state index < -0.39 is 16.8 Å². The first-order valence-corrected chi connectivity index (χ1v) is 8.97. The number of hydrogen-bond acceptors (Lipinski definition) is 6. The summed E-state index contributed by atoms with van der Waals surface area (Å²) >= 11 is 0.982. The van der Waals surface area contributed by atoms with E-state index in [1.165, 1.54) is 36.0 Å². The molecule has 2 heterocycles. The van der Waals surface area contributed by atoms with E-state index in [1.807, 2.05) is 6.07 Å². The zero-order valence-electron chi connectivity index (χ0n) is 13.1. The van der Waals surface area contributed by atoms with Crippen LogP contribution in [-0.4, -0.2) is 16.4 Å². The van der Waals surface area contributed by atoms with Crippen LogP contribution in [0, 0.1) is 0 Å². The fourth-order valence-corrected chi connectivity index (χ4v) is 4.18. The van der Waals surface area contributed by atoms with Crippen LogP contribution in [0.3, 0.4) is 0 Å². The van der Waals surface area contributed by atoms with E-state index in [2.05, 4.69) is 4.98 Å². The zero-order valence-corrected chi connectivity index (χ0v) is 14.7. The summed E-state index contributed by atoms with van der Waals surface area (Å²) in [6.07, 6.45) is 3.25. The van der Waals surface area contributed by atoms with Crippen LogP contribution in [0.25, 0.3) is 0 Å². The average molecular weight is 398 g/mol. The molecule has 0 aliphatic carbocycles. The molecular weight excluding hydrogens is 385 g/mol. The number of carbonyl (C=O) groups is 1. The lowest BCUT2D eigenvalue weighted by molar-refractivity contribution is -0.113. The van der Waals surface area contributed by atoms with Gasteiger partial charge >= 0.3 is 5.51 Å². The van der Waals surface area contributed by atoms with Gasteiger partial charge < -0.3 is 16.4 Å². The van der Waals surface area contributed by atoms with Crippen molar-refractivity contribution in [1.82, 2.24) is 4.98 Å². The topological polar surface area (TPSA) is 85.2 Å². The van der Waals surface area contributed by atoms with E-state index in [0.29, 0.717) is 5.69 Å². The van der Waals surface area contributed by atoms with E-state index in [1.54, 1.807) is 23.4 Å². The molecule has 3 rings (SSSR count). The van der Waals surface area contributed by atoms with E-state index in [4.69, 9.17) is 11.5 Å². The molecule has 10 heteroatoms. The van der Waals surface area contributed by atoms with Gasteiger partial charge in [-0.3, -0.25) is 9.78 Å². The second kappa shape index (κ2) is 7.12. The van der Waals surface area contributed by atoms with Gasteiger partial charge in [-0.25, -0.2) is 0 Å². The number of halogens is 3. The van der Waals surface area contributed by atoms with Crippen molar-refractivity contribution < 1.29 is 18.0 Å². The maximum atomic E-state index is 12.5. The Bertz CT molecular complexity index is 841. The number of nitrogens with two attached hydrogens (primary N) is 2. The molecule has 1 aliphatic rings. The smallest absolute Gasteiger partial charge is 0.384 e. The predicted molar refractivity (Wildman–Crippen MR) is 95.8 cm³/mol. The molecule has 1 amide bonds. The second-order valence-corrected chi connectivity index (χ2v) is 7.48. The van der Waals surface area contributed by atoms with Gasteiger partial charge in [0.15, 0.2) is 0 Å². The Kier molecular flexibility index (Phi) is 5.05. The van der Waals surface area contributed by atoms with Crippen LogP contribution in [0.1, 0.15) is 10.9 Å². The van der Waals surface area contributed by atoms with Gasteiger partial charge in [-0.05, 0) is 42.1 Å². The first kappa shape index (κ1) is 18.5. The molecule has 5 nitrogen and oxygen atoms in total. The van der Waals surface area contributed by atoms with Crippen molar-refractivity contribution in [3.05, 3.63) is 65.1 Å². The standard InChI is InChI=1S/C16H13F3N4OS2/c17-16(18,19)26-11-5-3-10(4-6-11)23-13(20)12(14(21)24)25-15(23)9-2-1-7-22-8-9/h1-8,15H,20H2,(H2,21,24). The molecule has 2 aromatic rings. The number of amides is 1. The normalized spacial score (nSPS) is 17.7. The molecule has 0 saturated carbocycles. The van der Waals surface area contributed by atoms with Gasteiger partial charge in [0.25, 0.3) is 5.91 Å². The Morgan fingerprint density at radius 1 is 1.23 bits per heavy atom. The summed E-state index contributed by atoms with van der Waals surface area (Å²) in [7, 11) is 0. The highest BCUT2D eigenvalue weighted by Crippen LogP contribution is 2.48. The Morgan fingerprint density at radius 2 is 1.92 bits per heavy atom. The lowest BCUT2D eigenvalue weighted by Crippen LogP contribution is -2.27. The highest BCUT2D eigenvalue weighted by atomic mass is 32.2. The van der Waals surface area contributed by atoms with Gasteiger partial charge in [0.1, 0.15) is 16.1 Å². The summed E-state index contributed by atoms with van der Waals surface area (Å²) in [5.74, 6) is -0.499. The minimum Gasteiger partial charge on any atom is -0.384 e. The lowest BCUT2D eigenvalue weighted by atomic mass is 10.2. The second-order valence-electron chi connectivity index (χ2n) is 5.25. The van der Waals surface area contributed by atoms with Gasteiger partial charge in [-0.15, -0.1) is 0 Å². The van der Waals surface area contributed by atoms with Crippen molar-refractivity contribution >= 4 is 35.1 Å². The molecule has 0 fully saturated rings. The first-order chi connectivity index (χ1) is 12.3. The Labute approximate surface area is 155 Å². The Hall–Kier alpha value is -2.33. The zero-order chi connectivity index (χ0) is 18.9. The van der Waals surface area contributed by atoms with Crippen molar-refractivity contribution in [3.8, 4) is 0 Å². The number of pyridine rings is 1. The number of benzene rings is 1. The third-order valence-corrected chi connectivity index (χ3v) is 5.59. The van der Waals surface area contributed by atoms with Crippen LogP contribution in [0.5, 0.6) is 0 Å². The molecule has 1 aliphatic heterocycles. The van der Waals surface area contributed by atoms with E-state index in [9.17, 15) is 18.0 Å². The van der Waals surface area contributed by atoms with Gasteiger partial charge in [-0.1, -0.05) is 17.8 Å². The van der Waals surface area contributed by atoms with Crippen LogP contribution in [0.2, 0.25) is 0 Å². The number of hydrogen-bond donors (Lipinski definition) is 2. The fraction of sp³-hybridized carbons (Fsp3) is 0.125. The molecule has 1 aromatic carbocycles. The van der Waals surface area contributed by atoms with Crippen LogP contribution in [0.15, 0.2) is 64.4 Å². The SMILES string of the molecule is NC(=O)C1=C(N)N(c2ccc(SC(F)(F)F)cc2)C(c2cccnc2)S1. The van der Waals surface area contributed by atoms with Crippen molar-refractivity contribution in [2.45, 2.75) is 15.8 Å². The molecule has 0 spiro atoms. The number of rotatable bonds is 4. The molecule has 1 aromatic heterocycles.